The Labute approximate surface area is 117 Å². The van der Waals surface area contributed by atoms with Gasteiger partial charge in [-0.1, -0.05) is 0 Å². The molecule has 5 nitrogen and oxygen atoms in total. The Morgan fingerprint density at radius 2 is 2.26 bits per heavy atom. The van der Waals surface area contributed by atoms with E-state index in [-0.39, 0.29) is 37.0 Å². The van der Waals surface area contributed by atoms with Gasteiger partial charge in [0.15, 0.2) is 5.78 Å². The molecule has 1 atom stereocenters. The molecule has 0 spiro atoms. The highest BCUT2D eigenvalue weighted by Gasteiger charge is 2.28. The van der Waals surface area contributed by atoms with Gasteiger partial charge in [-0.25, -0.2) is 0 Å². The number of ketones is 1. The maximum absolute atomic E-state index is 11.9. The molecular formula is C13H16ClNO4. The molecule has 104 valence electrons. The van der Waals surface area contributed by atoms with Crippen molar-refractivity contribution in [2.24, 2.45) is 0 Å². The number of carbonyl (C=O) groups is 2. The second kappa shape index (κ2) is 6.54. The summed E-state index contributed by atoms with van der Waals surface area (Å²) in [5, 5.41) is 0. The zero-order valence-corrected chi connectivity index (χ0v) is 11.4. The van der Waals surface area contributed by atoms with Crippen molar-refractivity contribution in [1.29, 1.82) is 0 Å². The van der Waals surface area contributed by atoms with Gasteiger partial charge in [-0.05, 0) is 13.0 Å². The fraction of sp³-hybridized carbons (Fsp3) is 0.385. The van der Waals surface area contributed by atoms with Gasteiger partial charge in [0, 0.05) is 18.6 Å². The summed E-state index contributed by atoms with van der Waals surface area (Å²) in [4.78, 5) is 23.3. The van der Waals surface area contributed by atoms with Gasteiger partial charge in [-0.3, -0.25) is 9.59 Å². The fourth-order valence-electron chi connectivity index (χ4n) is 1.96. The molecule has 1 aromatic rings. The van der Waals surface area contributed by atoms with Crippen LogP contribution < -0.4 is 22.9 Å². The summed E-state index contributed by atoms with van der Waals surface area (Å²) < 4.78 is 10.5. The number of fused-ring (bicyclic) bond motifs is 1. The van der Waals surface area contributed by atoms with Crippen LogP contribution in [0.1, 0.15) is 30.1 Å². The van der Waals surface area contributed by atoms with E-state index in [0.717, 1.165) is 5.69 Å². The Balaban J connectivity index is 0.00000180. The van der Waals surface area contributed by atoms with Crippen LogP contribution in [0.25, 0.3) is 0 Å². The van der Waals surface area contributed by atoms with Crippen LogP contribution in [0.15, 0.2) is 18.2 Å². The van der Waals surface area contributed by atoms with Crippen LogP contribution in [0, 0.1) is 0 Å². The Kier molecular flexibility index (Phi) is 5.32. The summed E-state index contributed by atoms with van der Waals surface area (Å²) in [5.41, 5.74) is 5.09. The van der Waals surface area contributed by atoms with Gasteiger partial charge in [-0.15, -0.1) is 0 Å². The van der Waals surface area contributed by atoms with Gasteiger partial charge >= 0.3 is 5.97 Å². The first-order valence-corrected chi connectivity index (χ1v) is 5.91. The number of rotatable bonds is 3. The van der Waals surface area contributed by atoms with Crippen LogP contribution >= 0.6 is 0 Å². The molecule has 1 aromatic carbocycles. The van der Waals surface area contributed by atoms with E-state index in [1.165, 1.54) is 0 Å². The Hall–Kier alpha value is -1.59. The van der Waals surface area contributed by atoms with Crippen molar-refractivity contribution >= 4 is 17.4 Å². The second-order valence-corrected chi connectivity index (χ2v) is 4.21. The van der Waals surface area contributed by atoms with Crippen LogP contribution in [0.5, 0.6) is 5.75 Å². The Morgan fingerprint density at radius 3 is 2.95 bits per heavy atom. The lowest BCUT2D eigenvalue weighted by Gasteiger charge is -2.24. The topological polar surface area (TPSA) is 80.2 Å². The molecule has 1 aliphatic heterocycles. The third-order valence-corrected chi connectivity index (χ3v) is 2.75. The molecule has 0 unspecified atom stereocenters. The van der Waals surface area contributed by atoms with E-state index in [2.05, 4.69) is 5.73 Å². The molecule has 0 amide bonds. The maximum Gasteiger partial charge on any atom is 0.309 e. The first kappa shape index (κ1) is 15.5. The predicted octanol–water partition coefficient (Wildman–Crippen LogP) is -2.15. The Morgan fingerprint density at radius 1 is 1.53 bits per heavy atom. The lowest BCUT2D eigenvalue weighted by Crippen LogP contribution is -3.00. The zero-order chi connectivity index (χ0) is 13.1. The quantitative estimate of drug-likeness (QED) is 0.642. The largest absolute Gasteiger partial charge is 1.00 e. The average Bonchev–Trinajstić information content (AvgIpc) is 2.30. The molecule has 0 aliphatic carbocycles. The van der Waals surface area contributed by atoms with E-state index in [0.29, 0.717) is 17.9 Å². The molecular weight excluding hydrogens is 270 g/mol. The van der Waals surface area contributed by atoms with Crippen LogP contribution in [-0.4, -0.2) is 24.5 Å². The molecule has 0 saturated carbocycles. The highest BCUT2D eigenvalue weighted by atomic mass is 35.5. The number of halogens is 1. The number of quaternary nitrogens is 1. The van der Waals surface area contributed by atoms with E-state index in [4.69, 9.17) is 9.47 Å². The summed E-state index contributed by atoms with van der Waals surface area (Å²) in [7, 11) is 0. The van der Waals surface area contributed by atoms with Gasteiger partial charge in [0.1, 0.15) is 17.5 Å². The minimum Gasteiger partial charge on any atom is -1.00 e. The van der Waals surface area contributed by atoms with E-state index >= 15 is 0 Å². The smallest absolute Gasteiger partial charge is 0.309 e. The number of Topliss-reactive ketones (excluding diaryl/α,β-unsaturated/α-hetero) is 1. The lowest BCUT2D eigenvalue weighted by atomic mass is 9.98. The molecule has 1 heterocycles. The zero-order valence-electron chi connectivity index (χ0n) is 10.6. The molecule has 0 fully saturated rings. The minimum absolute atomic E-state index is 0. The number of carbonyl (C=O) groups excluding carboxylic acids is 2. The molecule has 6 heteroatoms. The van der Waals surface area contributed by atoms with Crippen LogP contribution in [0.2, 0.25) is 0 Å². The molecule has 19 heavy (non-hydrogen) atoms. The summed E-state index contributed by atoms with van der Waals surface area (Å²) in [6.45, 7) is 2.08. The fourth-order valence-corrected chi connectivity index (χ4v) is 1.96. The molecule has 2 rings (SSSR count). The van der Waals surface area contributed by atoms with E-state index in [1.807, 2.05) is 0 Å². The highest BCUT2D eigenvalue weighted by Crippen LogP contribution is 2.29. The second-order valence-electron chi connectivity index (χ2n) is 4.21. The highest BCUT2D eigenvalue weighted by molar-refractivity contribution is 6.00. The molecule has 0 radical (unpaired) electrons. The van der Waals surface area contributed by atoms with Crippen molar-refractivity contribution in [3.05, 3.63) is 23.8 Å². The molecule has 0 aromatic heterocycles. The van der Waals surface area contributed by atoms with Gasteiger partial charge in [0.25, 0.3) is 0 Å². The standard InChI is InChI=1S/C13H15NO4.ClH/c1-2-17-13(16)7-9-6-11(15)10-5-8(14)3-4-12(10)18-9;/h3-5,9H,2,6-7,14H2,1H3;1H/t9-;/m0./s1. The average molecular weight is 286 g/mol. The van der Waals surface area contributed by atoms with Crippen LogP contribution in [0.3, 0.4) is 0 Å². The number of hydrogen-bond acceptors (Lipinski definition) is 4. The van der Waals surface area contributed by atoms with Crippen molar-refractivity contribution < 1.29 is 37.2 Å². The molecule has 0 bridgehead atoms. The number of ether oxygens (including phenoxy) is 2. The first-order chi connectivity index (χ1) is 8.60. The van der Waals surface area contributed by atoms with Gasteiger partial charge in [0.2, 0.25) is 0 Å². The third-order valence-electron chi connectivity index (χ3n) is 2.75. The third kappa shape index (κ3) is 3.68. The van der Waals surface area contributed by atoms with Crippen molar-refractivity contribution in [3.63, 3.8) is 0 Å². The number of hydrogen-bond donors (Lipinski definition) is 1. The predicted molar refractivity (Wildman–Crippen MR) is 63.6 cm³/mol. The molecule has 3 N–H and O–H groups in total. The van der Waals surface area contributed by atoms with Gasteiger partial charge in [-0.2, -0.15) is 0 Å². The number of benzene rings is 1. The van der Waals surface area contributed by atoms with Crippen LogP contribution in [-0.2, 0) is 9.53 Å². The summed E-state index contributed by atoms with van der Waals surface area (Å²) >= 11 is 0. The van der Waals surface area contributed by atoms with E-state index < -0.39 is 6.10 Å². The summed E-state index contributed by atoms with van der Waals surface area (Å²) in [5.74, 6) is 0.163. The Bertz CT molecular complexity index is 490. The first-order valence-electron chi connectivity index (χ1n) is 5.91. The number of esters is 1. The lowest BCUT2D eigenvalue weighted by molar-refractivity contribution is -0.254. The van der Waals surface area contributed by atoms with Gasteiger partial charge in [0.05, 0.1) is 18.6 Å². The maximum atomic E-state index is 11.9. The SMILES string of the molecule is CCOC(=O)C[C@@H]1CC(=O)c2cc([NH3+])ccc2O1.[Cl-]. The van der Waals surface area contributed by atoms with Crippen molar-refractivity contribution in [3.8, 4) is 5.75 Å². The van der Waals surface area contributed by atoms with Crippen molar-refractivity contribution in [2.45, 2.75) is 25.9 Å². The van der Waals surface area contributed by atoms with Crippen LogP contribution in [0.4, 0.5) is 5.69 Å². The minimum atomic E-state index is -0.431. The normalized spacial score (nSPS) is 16.9. The van der Waals surface area contributed by atoms with E-state index in [9.17, 15) is 9.59 Å². The van der Waals surface area contributed by atoms with Crippen molar-refractivity contribution in [1.82, 2.24) is 0 Å². The molecule has 0 saturated heterocycles. The van der Waals surface area contributed by atoms with Gasteiger partial charge < -0.3 is 27.6 Å². The van der Waals surface area contributed by atoms with Crippen molar-refractivity contribution in [2.75, 3.05) is 6.61 Å². The van der Waals surface area contributed by atoms with E-state index in [1.54, 1.807) is 25.1 Å². The molecule has 1 aliphatic rings. The summed E-state index contributed by atoms with van der Waals surface area (Å²) in [6.07, 6.45) is -0.125. The monoisotopic (exact) mass is 285 g/mol. The summed E-state index contributed by atoms with van der Waals surface area (Å²) in [6, 6.07) is 5.20.